The maximum atomic E-state index is 11.5. The summed E-state index contributed by atoms with van der Waals surface area (Å²) >= 11 is 1.45. The number of H-pyrrole nitrogens is 1. The highest BCUT2D eigenvalue weighted by Crippen LogP contribution is 2.35. The fourth-order valence-corrected chi connectivity index (χ4v) is 3.84. The second-order valence-electron chi connectivity index (χ2n) is 6.02. The molecule has 0 fully saturated rings. The van der Waals surface area contributed by atoms with Crippen LogP contribution in [0.5, 0.6) is 0 Å². The summed E-state index contributed by atoms with van der Waals surface area (Å²) in [7, 11) is 0. The molecule has 28 heavy (non-hydrogen) atoms. The molecule has 0 bridgehead atoms. The molecule has 6 nitrogen and oxygen atoms in total. The van der Waals surface area contributed by atoms with Crippen molar-refractivity contribution in [3.8, 4) is 6.07 Å². The van der Waals surface area contributed by atoms with Crippen molar-refractivity contribution in [3.63, 3.8) is 0 Å². The van der Waals surface area contributed by atoms with Gasteiger partial charge in [-0.25, -0.2) is 9.78 Å². The number of hydrogen-bond donors (Lipinski definition) is 2. The van der Waals surface area contributed by atoms with E-state index in [-0.39, 0.29) is 5.97 Å². The van der Waals surface area contributed by atoms with Gasteiger partial charge >= 0.3 is 5.97 Å². The van der Waals surface area contributed by atoms with Gasteiger partial charge < -0.3 is 15.0 Å². The van der Waals surface area contributed by atoms with Gasteiger partial charge in [-0.1, -0.05) is 0 Å². The highest BCUT2D eigenvalue weighted by atomic mass is 32.1. The molecule has 4 rings (SSSR count). The molecule has 0 amide bonds. The molecule has 0 aliphatic rings. The summed E-state index contributed by atoms with van der Waals surface area (Å²) in [5, 5.41) is 14.8. The van der Waals surface area contributed by atoms with Crippen molar-refractivity contribution in [2.45, 2.75) is 6.92 Å². The topological polar surface area (TPSA) is 90.8 Å². The number of nitrogens with one attached hydrogen (secondary N) is 2. The van der Waals surface area contributed by atoms with E-state index in [9.17, 15) is 10.1 Å². The summed E-state index contributed by atoms with van der Waals surface area (Å²) in [5.74, 6) is -0.385. The zero-order valence-electron chi connectivity index (χ0n) is 15.0. The molecule has 4 aromatic rings. The number of nitrogens with zero attached hydrogens (tertiary/aromatic N) is 2. The molecule has 138 valence electrons. The van der Waals surface area contributed by atoms with E-state index >= 15 is 0 Å². The number of pyridine rings is 1. The molecule has 7 heteroatoms. The Morgan fingerprint density at radius 3 is 3.11 bits per heavy atom. The number of benzene rings is 1. The van der Waals surface area contributed by atoms with Gasteiger partial charge in [-0.3, -0.25) is 0 Å². The fraction of sp³-hybridized carbons (Fsp3) is 0.0952. The zero-order valence-corrected chi connectivity index (χ0v) is 15.8. The molecular formula is C21H16N4O2S. The van der Waals surface area contributed by atoms with Gasteiger partial charge in [0.2, 0.25) is 0 Å². The predicted octanol–water partition coefficient (Wildman–Crippen LogP) is 4.97. The van der Waals surface area contributed by atoms with E-state index in [0.29, 0.717) is 17.9 Å². The largest absolute Gasteiger partial charge is 0.463 e. The molecule has 0 aliphatic carbocycles. The van der Waals surface area contributed by atoms with Crippen molar-refractivity contribution in [1.29, 1.82) is 5.26 Å². The number of aromatic amines is 1. The molecule has 0 spiro atoms. The molecule has 1 aromatic carbocycles. The molecule has 0 saturated heterocycles. The van der Waals surface area contributed by atoms with E-state index in [0.717, 1.165) is 31.7 Å². The molecule has 3 aromatic heterocycles. The van der Waals surface area contributed by atoms with Gasteiger partial charge in [-0.05, 0) is 43.3 Å². The first-order valence-electron chi connectivity index (χ1n) is 8.69. The van der Waals surface area contributed by atoms with Gasteiger partial charge in [0.25, 0.3) is 0 Å². The Kier molecular flexibility index (Phi) is 4.79. The molecule has 3 heterocycles. The first kappa shape index (κ1) is 17.8. The SMILES string of the molecule is CCOC(=O)/C=C/c1cc2c(Nc3ccc4[nH]ccc4c3)c(C#N)cnc2s1. The minimum Gasteiger partial charge on any atom is -0.463 e. The third-order valence-electron chi connectivity index (χ3n) is 4.19. The molecule has 0 aliphatic heterocycles. The number of aromatic nitrogens is 2. The minimum absolute atomic E-state index is 0.336. The van der Waals surface area contributed by atoms with Crippen LogP contribution in [0.15, 0.2) is 48.8 Å². The van der Waals surface area contributed by atoms with E-state index in [1.165, 1.54) is 17.4 Å². The lowest BCUT2D eigenvalue weighted by Gasteiger charge is -2.09. The standard InChI is InChI=1S/C21H16N4O2S/c1-2-27-19(26)6-4-16-10-17-20(14(11-22)12-24-21(17)28-16)25-15-3-5-18-13(9-15)7-8-23-18/h3-10,12,23H,2H2,1H3,(H,24,25)/b6-4+. The second-order valence-corrected chi connectivity index (χ2v) is 7.08. The lowest BCUT2D eigenvalue weighted by Crippen LogP contribution is -1.98. The average Bonchev–Trinajstić information content (AvgIpc) is 3.33. The minimum atomic E-state index is -0.385. The number of nitriles is 1. The number of carbonyl (C=O) groups is 1. The van der Waals surface area contributed by atoms with Gasteiger partial charge in [0, 0.05) is 45.3 Å². The van der Waals surface area contributed by atoms with Crippen LogP contribution in [0, 0.1) is 11.3 Å². The Bertz CT molecular complexity index is 1250. The van der Waals surface area contributed by atoms with Crippen LogP contribution >= 0.6 is 11.3 Å². The number of fused-ring (bicyclic) bond motifs is 2. The van der Waals surface area contributed by atoms with E-state index in [2.05, 4.69) is 21.4 Å². The molecule has 2 N–H and O–H groups in total. The van der Waals surface area contributed by atoms with Crippen LogP contribution in [0.25, 0.3) is 27.2 Å². The van der Waals surface area contributed by atoms with E-state index in [4.69, 9.17) is 4.74 Å². The summed E-state index contributed by atoms with van der Waals surface area (Å²) < 4.78 is 4.91. The number of hydrogen-bond acceptors (Lipinski definition) is 6. The van der Waals surface area contributed by atoms with Gasteiger partial charge in [-0.15, -0.1) is 11.3 Å². The monoisotopic (exact) mass is 388 g/mol. The Labute approximate surface area is 165 Å². The molecule has 0 saturated carbocycles. The fourth-order valence-electron chi connectivity index (χ4n) is 2.93. The number of esters is 1. The van der Waals surface area contributed by atoms with Gasteiger partial charge in [-0.2, -0.15) is 5.26 Å². The van der Waals surface area contributed by atoms with E-state index < -0.39 is 0 Å². The Hall–Kier alpha value is -3.63. The highest BCUT2D eigenvalue weighted by molar-refractivity contribution is 7.19. The smallest absolute Gasteiger partial charge is 0.330 e. The lowest BCUT2D eigenvalue weighted by molar-refractivity contribution is -0.137. The van der Waals surface area contributed by atoms with Gasteiger partial charge in [0.1, 0.15) is 10.9 Å². The predicted molar refractivity (Wildman–Crippen MR) is 112 cm³/mol. The Morgan fingerprint density at radius 2 is 2.29 bits per heavy atom. The van der Waals surface area contributed by atoms with Crippen molar-refractivity contribution < 1.29 is 9.53 Å². The summed E-state index contributed by atoms with van der Waals surface area (Å²) in [6.07, 6.45) is 6.55. The number of rotatable bonds is 5. The first-order chi connectivity index (χ1) is 13.7. The summed E-state index contributed by atoms with van der Waals surface area (Å²) in [5.41, 5.74) is 3.09. The summed E-state index contributed by atoms with van der Waals surface area (Å²) in [4.78, 5) is 20.7. The lowest BCUT2D eigenvalue weighted by atomic mass is 10.1. The number of anilines is 2. The number of thiophene rings is 1. The van der Waals surface area contributed by atoms with E-state index in [1.54, 1.807) is 19.2 Å². The quantitative estimate of drug-likeness (QED) is 0.372. The normalized spacial score (nSPS) is 11.1. The summed E-state index contributed by atoms with van der Waals surface area (Å²) in [6.45, 7) is 2.10. The van der Waals surface area contributed by atoms with Crippen LogP contribution in [0.2, 0.25) is 0 Å². The maximum absolute atomic E-state index is 11.5. The van der Waals surface area contributed by atoms with Crippen molar-refractivity contribution in [3.05, 3.63) is 59.2 Å². The van der Waals surface area contributed by atoms with Crippen molar-refractivity contribution in [2.75, 3.05) is 11.9 Å². The third-order valence-corrected chi connectivity index (χ3v) is 5.20. The van der Waals surface area contributed by atoms with Crippen LogP contribution in [0.1, 0.15) is 17.4 Å². The first-order valence-corrected chi connectivity index (χ1v) is 9.51. The molecular weight excluding hydrogens is 372 g/mol. The van der Waals surface area contributed by atoms with Crippen LogP contribution in [0.3, 0.4) is 0 Å². The maximum Gasteiger partial charge on any atom is 0.330 e. The number of carbonyl (C=O) groups excluding carboxylic acids is 1. The van der Waals surface area contributed by atoms with Crippen molar-refractivity contribution in [2.24, 2.45) is 0 Å². The van der Waals surface area contributed by atoms with Gasteiger partial charge in [0.15, 0.2) is 0 Å². The van der Waals surface area contributed by atoms with Crippen molar-refractivity contribution in [1.82, 2.24) is 9.97 Å². The molecule has 0 unspecified atom stereocenters. The van der Waals surface area contributed by atoms with Gasteiger partial charge in [0.05, 0.1) is 17.9 Å². The van der Waals surface area contributed by atoms with Crippen LogP contribution in [-0.2, 0) is 9.53 Å². The molecule has 0 atom stereocenters. The third kappa shape index (κ3) is 3.46. The Morgan fingerprint density at radius 1 is 1.39 bits per heavy atom. The van der Waals surface area contributed by atoms with Crippen LogP contribution < -0.4 is 5.32 Å². The van der Waals surface area contributed by atoms with Crippen LogP contribution in [-0.4, -0.2) is 22.5 Å². The van der Waals surface area contributed by atoms with E-state index in [1.807, 2.05) is 36.5 Å². The second kappa shape index (κ2) is 7.55. The highest BCUT2D eigenvalue weighted by Gasteiger charge is 2.12. The Balaban J connectivity index is 1.73. The molecule has 0 radical (unpaired) electrons. The average molecular weight is 388 g/mol. The number of ether oxygens (including phenoxy) is 1. The zero-order chi connectivity index (χ0) is 19.5. The van der Waals surface area contributed by atoms with Crippen molar-refractivity contribution >= 4 is 55.9 Å². The summed E-state index contributed by atoms with van der Waals surface area (Å²) in [6, 6.07) is 12.1. The van der Waals surface area contributed by atoms with Crippen LogP contribution in [0.4, 0.5) is 11.4 Å².